The van der Waals surface area contributed by atoms with Gasteiger partial charge in [0.05, 0.1) is 16.2 Å². The van der Waals surface area contributed by atoms with Crippen LogP contribution in [0.25, 0.3) is 0 Å². The van der Waals surface area contributed by atoms with Gasteiger partial charge in [-0.15, -0.1) is 11.3 Å². The Labute approximate surface area is 126 Å². The standard InChI is InChI=1S/C11H13ClN4O2S2/c1-7-10(19-6-15-7)5-16(2)20(17,18)8-3-9(12)11(13)14-4-8/h3-4,6H,5H2,1-2H3,(H2,13,14). The zero-order valence-electron chi connectivity index (χ0n) is 10.9. The zero-order valence-corrected chi connectivity index (χ0v) is 13.3. The van der Waals surface area contributed by atoms with Gasteiger partial charge in [0.2, 0.25) is 10.0 Å². The summed E-state index contributed by atoms with van der Waals surface area (Å²) in [5.74, 6) is 0.103. The molecule has 0 aliphatic rings. The van der Waals surface area contributed by atoms with Gasteiger partial charge in [-0.3, -0.25) is 0 Å². The van der Waals surface area contributed by atoms with Crippen molar-refractivity contribution in [1.29, 1.82) is 0 Å². The van der Waals surface area contributed by atoms with Crippen LogP contribution in [0.4, 0.5) is 5.82 Å². The predicted molar refractivity (Wildman–Crippen MR) is 79.2 cm³/mol. The SMILES string of the molecule is Cc1ncsc1CN(C)S(=O)(=O)c1cnc(N)c(Cl)c1. The van der Waals surface area contributed by atoms with Crippen molar-refractivity contribution in [3.05, 3.63) is 33.4 Å². The number of pyridine rings is 1. The van der Waals surface area contributed by atoms with Crippen LogP contribution in [0.5, 0.6) is 0 Å². The van der Waals surface area contributed by atoms with Gasteiger partial charge in [0.15, 0.2) is 0 Å². The summed E-state index contributed by atoms with van der Waals surface area (Å²) in [6.07, 6.45) is 1.20. The van der Waals surface area contributed by atoms with Gasteiger partial charge in [-0.1, -0.05) is 11.6 Å². The number of rotatable bonds is 4. The van der Waals surface area contributed by atoms with Crippen LogP contribution in [0.15, 0.2) is 22.7 Å². The third-order valence-electron chi connectivity index (χ3n) is 2.76. The molecule has 0 aliphatic carbocycles. The van der Waals surface area contributed by atoms with E-state index < -0.39 is 10.0 Å². The van der Waals surface area contributed by atoms with Gasteiger partial charge in [-0.05, 0) is 13.0 Å². The fraction of sp³-hybridized carbons (Fsp3) is 0.273. The zero-order chi connectivity index (χ0) is 14.9. The van der Waals surface area contributed by atoms with Gasteiger partial charge in [0.25, 0.3) is 0 Å². The van der Waals surface area contributed by atoms with Crippen molar-refractivity contribution in [2.24, 2.45) is 0 Å². The van der Waals surface area contributed by atoms with E-state index in [1.807, 2.05) is 6.92 Å². The first-order chi connectivity index (χ1) is 9.32. The second kappa shape index (κ2) is 5.65. The second-order valence-electron chi connectivity index (χ2n) is 4.16. The van der Waals surface area contributed by atoms with E-state index in [0.717, 1.165) is 10.6 Å². The summed E-state index contributed by atoms with van der Waals surface area (Å²) in [6.45, 7) is 2.09. The van der Waals surface area contributed by atoms with Crippen molar-refractivity contribution in [3.63, 3.8) is 0 Å². The van der Waals surface area contributed by atoms with Crippen molar-refractivity contribution in [3.8, 4) is 0 Å². The smallest absolute Gasteiger partial charge is 0.244 e. The van der Waals surface area contributed by atoms with E-state index >= 15 is 0 Å². The van der Waals surface area contributed by atoms with Crippen LogP contribution in [0.2, 0.25) is 5.02 Å². The molecule has 2 heterocycles. The highest BCUT2D eigenvalue weighted by molar-refractivity contribution is 7.89. The van der Waals surface area contributed by atoms with Crippen molar-refractivity contribution >= 4 is 38.8 Å². The molecule has 2 rings (SSSR count). The molecule has 0 saturated carbocycles. The molecule has 0 bridgehead atoms. The topological polar surface area (TPSA) is 89.2 Å². The van der Waals surface area contributed by atoms with Gasteiger partial charge in [-0.2, -0.15) is 4.31 Å². The fourth-order valence-electron chi connectivity index (χ4n) is 1.52. The van der Waals surface area contributed by atoms with E-state index in [4.69, 9.17) is 17.3 Å². The lowest BCUT2D eigenvalue weighted by atomic mass is 10.4. The molecule has 6 nitrogen and oxygen atoms in total. The summed E-state index contributed by atoms with van der Waals surface area (Å²) >= 11 is 7.23. The third kappa shape index (κ3) is 2.93. The number of thiazole rings is 1. The minimum absolute atomic E-state index is 0.0152. The van der Waals surface area contributed by atoms with Crippen molar-refractivity contribution in [1.82, 2.24) is 14.3 Å². The van der Waals surface area contributed by atoms with E-state index in [-0.39, 0.29) is 22.3 Å². The van der Waals surface area contributed by atoms with Crippen molar-refractivity contribution in [2.75, 3.05) is 12.8 Å². The Kier molecular flexibility index (Phi) is 4.28. The van der Waals surface area contributed by atoms with E-state index in [1.165, 1.54) is 35.0 Å². The molecule has 9 heteroatoms. The van der Waals surface area contributed by atoms with E-state index in [2.05, 4.69) is 9.97 Å². The minimum atomic E-state index is -3.66. The average Bonchev–Trinajstić information content (AvgIpc) is 2.78. The molecular weight excluding hydrogens is 320 g/mol. The summed E-state index contributed by atoms with van der Waals surface area (Å²) in [6, 6.07) is 1.30. The third-order valence-corrected chi connectivity index (χ3v) is 5.76. The molecule has 20 heavy (non-hydrogen) atoms. The molecule has 0 aliphatic heterocycles. The monoisotopic (exact) mass is 332 g/mol. The fourth-order valence-corrected chi connectivity index (χ4v) is 3.77. The highest BCUT2D eigenvalue weighted by atomic mass is 35.5. The molecule has 0 spiro atoms. The van der Waals surface area contributed by atoms with E-state index in [0.29, 0.717) is 0 Å². The van der Waals surface area contributed by atoms with E-state index in [1.54, 1.807) is 5.51 Å². The molecule has 0 fully saturated rings. The normalized spacial score (nSPS) is 12.0. The Morgan fingerprint density at radius 1 is 1.45 bits per heavy atom. The maximum atomic E-state index is 12.4. The maximum Gasteiger partial charge on any atom is 0.244 e. The van der Waals surface area contributed by atoms with Crippen LogP contribution in [0.1, 0.15) is 10.6 Å². The molecule has 2 aromatic rings. The number of hydrogen-bond acceptors (Lipinski definition) is 6. The molecule has 2 aromatic heterocycles. The quantitative estimate of drug-likeness (QED) is 0.923. The van der Waals surface area contributed by atoms with E-state index in [9.17, 15) is 8.42 Å². The molecule has 0 saturated heterocycles. The molecule has 2 N–H and O–H groups in total. The van der Waals surface area contributed by atoms with Gasteiger partial charge in [-0.25, -0.2) is 18.4 Å². The number of sulfonamides is 1. The molecule has 108 valence electrons. The number of anilines is 1. The second-order valence-corrected chi connectivity index (χ2v) is 7.55. The minimum Gasteiger partial charge on any atom is -0.382 e. The number of aromatic nitrogens is 2. The first kappa shape index (κ1) is 15.2. The maximum absolute atomic E-state index is 12.4. The Morgan fingerprint density at radius 3 is 2.70 bits per heavy atom. The van der Waals surface area contributed by atoms with Gasteiger partial charge < -0.3 is 5.73 Å². The number of hydrogen-bond donors (Lipinski definition) is 1. The Hall–Kier alpha value is -1.22. The molecule has 0 aromatic carbocycles. The van der Waals surface area contributed by atoms with Crippen LogP contribution in [-0.2, 0) is 16.6 Å². The van der Waals surface area contributed by atoms with Gasteiger partial charge >= 0.3 is 0 Å². The van der Waals surface area contributed by atoms with Crippen molar-refractivity contribution < 1.29 is 8.42 Å². The van der Waals surface area contributed by atoms with Crippen LogP contribution in [0, 0.1) is 6.92 Å². The first-order valence-corrected chi connectivity index (χ1v) is 8.28. The first-order valence-electron chi connectivity index (χ1n) is 5.58. The number of halogens is 1. The number of nitrogens with zero attached hydrogens (tertiary/aromatic N) is 3. The van der Waals surface area contributed by atoms with Crippen molar-refractivity contribution in [2.45, 2.75) is 18.4 Å². The Bertz CT molecular complexity index is 730. The predicted octanol–water partition coefficient (Wildman–Crippen LogP) is 1.90. The molecule has 0 unspecified atom stereocenters. The Balaban J connectivity index is 2.29. The molecule has 0 amide bonds. The number of nitrogen functional groups attached to an aromatic ring is 1. The summed E-state index contributed by atoms with van der Waals surface area (Å²) in [7, 11) is -2.16. The summed E-state index contributed by atoms with van der Waals surface area (Å²) in [4.78, 5) is 8.78. The van der Waals surface area contributed by atoms with Crippen LogP contribution in [0.3, 0.4) is 0 Å². The lowest BCUT2D eigenvalue weighted by Crippen LogP contribution is -2.26. The highest BCUT2D eigenvalue weighted by Crippen LogP contribution is 2.24. The van der Waals surface area contributed by atoms with Crippen LogP contribution in [-0.4, -0.2) is 29.7 Å². The average molecular weight is 333 g/mol. The summed E-state index contributed by atoms with van der Waals surface area (Å²) in [5.41, 5.74) is 7.99. The van der Waals surface area contributed by atoms with Gasteiger partial charge in [0, 0.05) is 24.7 Å². The van der Waals surface area contributed by atoms with Crippen LogP contribution >= 0.6 is 22.9 Å². The molecule has 0 radical (unpaired) electrons. The lowest BCUT2D eigenvalue weighted by molar-refractivity contribution is 0.468. The Morgan fingerprint density at radius 2 is 2.15 bits per heavy atom. The number of nitrogens with two attached hydrogens (primary N) is 1. The number of aryl methyl sites for hydroxylation is 1. The van der Waals surface area contributed by atoms with Gasteiger partial charge in [0.1, 0.15) is 10.7 Å². The lowest BCUT2D eigenvalue weighted by Gasteiger charge is -2.16. The highest BCUT2D eigenvalue weighted by Gasteiger charge is 2.23. The van der Waals surface area contributed by atoms with Crippen LogP contribution < -0.4 is 5.73 Å². The summed E-state index contributed by atoms with van der Waals surface area (Å²) < 4.78 is 26.0. The summed E-state index contributed by atoms with van der Waals surface area (Å²) in [5, 5.41) is 0.119. The molecule has 0 atom stereocenters. The molecular formula is C11H13ClN4O2S2. The largest absolute Gasteiger partial charge is 0.382 e.